The van der Waals surface area contributed by atoms with Gasteiger partial charge in [0, 0.05) is 37.6 Å². The standard InChI is InChI=1S/C20H18N4O3/c21-16-17(19(26)18(16)25)24-8-5-13-2-1-12(9-15(13)11-24)10-23-20(27)14-3-6-22-7-4-14/h1-4,6-7,9H,5,8,10-11,21H2,(H,23,27). The number of rotatable bonds is 4. The Morgan fingerprint density at radius 1 is 1.11 bits per heavy atom. The Morgan fingerprint density at radius 2 is 1.89 bits per heavy atom. The van der Waals surface area contributed by atoms with Crippen molar-refractivity contribution in [1.82, 2.24) is 10.3 Å². The third-order valence-corrected chi connectivity index (χ3v) is 4.92. The highest BCUT2D eigenvalue weighted by Crippen LogP contribution is 2.26. The molecule has 3 aromatic rings. The van der Waals surface area contributed by atoms with Gasteiger partial charge < -0.3 is 16.0 Å². The zero-order valence-corrected chi connectivity index (χ0v) is 14.6. The Labute approximate surface area is 155 Å². The van der Waals surface area contributed by atoms with Crippen molar-refractivity contribution in [2.24, 2.45) is 0 Å². The molecular formula is C20H18N4O3. The largest absolute Gasteiger partial charge is 0.394 e. The van der Waals surface area contributed by atoms with Gasteiger partial charge in [0.05, 0.1) is 0 Å². The second-order valence-corrected chi connectivity index (χ2v) is 6.61. The van der Waals surface area contributed by atoms with Crippen LogP contribution in [0.5, 0.6) is 0 Å². The number of hydrogen-bond acceptors (Lipinski definition) is 6. The number of amides is 1. The lowest BCUT2D eigenvalue weighted by Gasteiger charge is -2.32. The molecule has 1 aliphatic heterocycles. The molecule has 2 aromatic carbocycles. The minimum atomic E-state index is -0.594. The number of anilines is 2. The Hall–Kier alpha value is -3.48. The molecule has 0 saturated heterocycles. The summed E-state index contributed by atoms with van der Waals surface area (Å²) in [5.41, 5.74) is 8.79. The lowest BCUT2D eigenvalue weighted by Crippen LogP contribution is -2.44. The molecule has 0 saturated carbocycles. The summed E-state index contributed by atoms with van der Waals surface area (Å²) in [6, 6.07) is 9.39. The topological polar surface area (TPSA) is 105 Å². The molecule has 0 spiro atoms. The smallest absolute Gasteiger partial charge is 0.253 e. The quantitative estimate of drug-likeness (QED) is 0.664. The Balaban J connectivity index is 1.47. The predicted octanol–water partition coefficient (Wildman–Crippen LogP) is 0.753. The molecule has 0 atom stereocenters. The molecule has 0 unspecified atom stereocenters. The first-order valence-corrected chi connectivity index (χ1v) is 8.67. The van der Waals surface area contributed by atoms with Crippen molar-refractivity contribution in [2.75, 3.05) is 17.2 Å². The number of nitrogens with zero attached hydrogens (tertiary/aromatic N) is 2. The summed E-state index contributed by atoms with van der Waals surface area (Å²) in [5.74, 6) is -0.159. The van der Waals surface area contributed by atoms with Crippen LogP contribution >= 0.6 is 0 Å². The van der Waals surface area contributed by atoms with Crippen LogP contribution in [0, 0.1) is 0 Å². The van der Waals surface area contributed by atoms with E-state index in [1.165, 1.54) is 5.56 Å². The summed E-state index contributed by atoms with van der Waals surface area (Å²) >= 11 is 0. The van der Waals surface area contributed by atoms with Crippen molar-refractivity contribution in [3.8, 4) is 0 Å². The van der Waals surface area contributed by atoms with Crippen LogP contribution < -0.4 is 26.8 Å². The van der Waals surface area contributed by atoms with E-state index in [-0.39, 0.29) is 11.6 Å². The zero-order valence-electron chi connectivity index (χ0n) is 14.6. The lowest BCUT2D eigenvalue weighted by atomic mass is 9.96. The average Bonchev–Trinajstić information content (AvgIpc) is 2.72. The molecule has 1 aromatic heterocycles. The van der Waals surface area contributed by atoms with E-state index in [2.05, 4.69) is 10.3 Å². The predicted molar refractivity (Wildman–Crippen MR) is 102 cm³/mol. The van der Waals surface area contributed by atoms with Gasteiger partial charge in [0.25, 0.3) is 16.8 Å². The van der Waals surface area contributed by atoms with Gasteiger partial charge in [-0.3, -0.25) is 19.4 Å². The van der Waals surface area contributed by atoms with Crippen LogP contribution in [-0.4, -0.2) is 17.4 Å². The Morgan fingerprint density at radius 3 is 2.63 bits per heavy atom. The van der Waals surface area contributed by atoms with Gasteiger partial charge in [-0.2, -0.15) is 0 Å². The number of carbonyl (C=O) groups is 1. The Kier molecular flexibility index (Phi) is 4.19. The summed E-state index contributed by atoms with van der Waals surface area (Å²) in [6.07, 6.45) is 3.93. The van der Waals surface area contributed by atoms with Gasteiger partial charge in [-0.1, -0.05) is 18.2 Å². The van der Waals surface area contributed by atoms with Crippen molar-refractivity contribution in [2.45, 2.75) is 19.5 Å². The van der Waals surface area contributed by atoms with Gasteiger partial charge in [-0.25, -0.2) is 0 Å². The molecule has 4 rings (SSSR count). The number of nitrogens with one attached hydrogen (secondary N) is 1. The van der Waals surface area contributed by atoms with Crippen molar-refractivity contribution in [3.63, 3.8) is 0 Å². The summed E-state index contributed by atoms with van der Waals surface area (Å²) in [6.45, 7) is 1.58. The number of fused-ring (bicyclic) bond motifs is 1. The van der Waals surface area contributed by atoms with Crippen LogP contribution in [0.1, 0.15) is 27.0 Å². The normalized spacial score (nSPS) is 13.4. The molecule has 2 heterocycles. The van der Waals surface area contributed by atoms with Gasteiger partial charge in [-0.15, -0.1) is 0 Å². The molecule has 27 heavy (non-hydrogen) atoms. The van der Waals surface area contributed by atoms with Crippen LogP contribution in [-0.2, 0) is 19.5 Å². The van der Waals surface area contributed by atoms with Crippen LogP contribution in [0.2, 0.25) is 0 Å². The first kappa shape index (κ1) is 17.0. The highest BCUT2D eigenvalue weighted by Gasteiger charge is 2.26. The monoisotopic (exact) mass is 362 g/mol. The maximum Gasteiger partial charge on any atom is 0.253 e. The van der Waals surface area contributed by atoms with E-state index >= 15 is 0 Å². The van der Waals surface area contributed by atoms with E-state index in [0.717, 1.165) is 17.5 Å². The van der Waals surface area contributed by atoms with Crippen molar-refractivity contribution >= 4 is 17.3 Å². The van der Waals surface area contributed by atoms with Gasteiger partial charge in [-0.05, 0) is 35.2 Å². The average molecular weight is 362 g/mol. The van der Waals surface area contributed by atoms with E-state index in [1.54, 1.807) is 24.5 Å². The third kappa shape index (κ3) is 3.08. The fourth-order valence-electron chi connectivity index (χ4n) is 3.41. The first-order valence-electron chi connectivity index (χ1n) is 8.67. The lowest BCUT2D eigenvalue weighted by molar-refractivity contribution is 0.0951. The van der Waals surface area contributed by atoms with Gasteiger partial charge in [0.15, 0.2) is 0 Å². The maximum absolute atomic E-state index is 12.2. The summed E-state index contributed by atoms with van der Waals surface area (Å²) in [4.78, 5) is 41.1. The molecule has 136 valence electrons. The summed E-state index contributed by atoms with van der Waals surface area (Å²) in [5, 5.41) is 2.89. The highest BCUT2D eigenvalue weighted by atomic mass is 16.2. The van der Waals surface area contributed by atoms with Crippen LogP contribution in [0.25, 0.3) is 0 Å². The highest BCUT2D eigenvalue weighted by molar-refractivity contribution is 5.93. The number of pyridine rings is 1. The molecule has 0 aliphatic carbocycles. The SMILES string of the molecule is Nc1c(N2CCc3ccc(CNC(=O)c4ccncc4)cc3C2)c(=O)c1=O. The number of benzene rings is 1. The van der Waals surface area contributed by atoms with Crippen LogP contribution in [0.4, 0.5) is 11.4 Å². The molecule has 7 nitrogen and oxygen atoms in total. The van der Waals surface area contributed by atoms with E-state index in [9.17, 15) is 14.4 Å². The molecule has 0 fully saturated rings. The van der Waals surface area contributed by atoms with Crippen molar-refractivity contribution in [1.29, 1.82) is 0 Å². The molecule has 7 heteroatoms. The fourth-order valence-corrected chi connectivity index (χ4v) is 3.41. The number of nitrogen functional groups attached to an aromatic ring is 1. The van der Waals surface area contributed by atoms with E-state index in [4.69, 9.17) is 5.73 Å². The van der Waals surface area contributed by atoms with Gasteiger partial charge >= 0.3 is 0 Å². The molecule has 1 amide bonds. The number of aromatic nitrogens is 1. The minimum absolute atomic E-state index is 0.0595. The zero-order chi connectivity index (χ0) is 19.0. The van der Waals surface area contributed by atoms with Gasteiger partial charge in [0.1, 0.15) is 11.4 Å². The number of carbonyl (C=O) groups excluding carboxylic acids is 1. The van der Waals surface area contributed by atoms with E-state index < -0.39 is 10.9 Å². The molecular weight excluding hydrogens is 344 g/mol. The summed E-state index contributed by atoms with van der Waals surface area (Å²) < 4.78 is 0. The van der Waals surface area contributed by atoms with Crippen LogP contribution in [0.15, 0.2) is 52.3 Å². The number of hydrogen-bond donors (Lipinski definition) is 2. The fraction of sp³-hybridized carbons (Fsp3) is 0.200. The van der Waals surface area contributed by atoms with E-state index in [0.29, 0.717) is 30.9 Å². The molecule has 1 aliphatic rings. The Bertz CT molecular complexity index is 1080. The molecule has 0 radical (unpaired) electrons. The maximum atomic E-state index is 12.2. The van der Waals surface area contributed by atoms with Crippen LogP contribution in [0.3, 0.4) is 0 Å². The minimum Gasteiger partial charge on any atom is -0.394 e. The van der Waals surface area contributed by atoms with Gasteiger partial charge in [0.2, 0.25) is 0 Å². The van der Waals surface area contributed by atoms with Crippen molar-refractivity contribution in [3.05, 3.63) is 85.4 Å². The summed E-state index contributed by atoms with van der Waals surface area (Å²) in [7, 11) is 0. The first-order chi connectivity index (χ1) is 13.0. The van der Waals surface area contributed by atoms with E-state index in [1.807, 2.05) is 23.1 Å². The number of nitrogens with two attached hydrogens (primary N) is 1. The third-order valence-electron chi connectivity index (χ3n) is 4.92. The second-order valence-electron chi connectivity index (χ2n) is 6.61. The second kappa shape index (κ2) is 6.68. The molecule has 3 N–H and O–H groups in total. The molecule has 0 bridgehead atoms. The van der Waals surface area contributed by atoms with Crippen molar-refractivity contribution < 1.29 is 4.79 Å².